The van der Waals surface area contributed by atoms with E-state index >= 15 is 0 Å². The molecule has 0 radical (unpaired) electrons. The molecule has 1 saturated carbocycles. The molecule has 1 aliphatic carbocycles. The summed E-state index contributed by atoms with van der Waals surface area (Å²) >= 11 is 0. The minimum Gasteiger partial charge on any atom is -0.392 e. The fourth-order valence-corrected chi connectivity index (χ4v) is 2.16. The molecule has 3 N–H and O–H groups in total. The average Bonchev–Trinajstić information content (AvgIpc) is 2.84. The second-order valence-corrected chi connectivity index (χ2v) is 4.34. The zero-order valence-corrected chi connectivity index (χ0v) is 8.31. The van der Waals surface area contributed by atoms with Crippen LogP contribution in [-0.2, 0) is 0 Å². The van der Waals surface area contributed by atoms with E-state index in [4.69, 9.17) is 0 Å². The van der Waals surface area contributed by atoms with E-state index in [0.717, 1.165) is 18.7 Å². The SMILES string of the molecule is O=c1[nH]nc([C@@H]2C[C@@H](O)CN2)n1C1CC1. The Labute approximate surface area is 86.3 Å². The molecule has 1 aromatic rings. The molecule has 1 aromatic heterocycles. The molecule has 0 aromatic carbocycles. The highest BCUT2D eigenvalue weighted by Crippen LogP contribution is 2.36. The first-order valence-electron chi connectivity index (χ1n) is 5.34. The molecule has 3 rings (SSSR count). The maximum absolute atomic E-state index is 11.5. The third-order valence-electron chi connectivity index (χ3n) is 3.06. The predicted octanol–water partition coefficient (Wildman–Crippen LogP) is -0.698. The summed E-state index contributed by atoms with van der Waals surface area (Å²) in [5.74, 6) is 0.749. The minimum atomic E-state index is -0.325. The summed E-state index contributed by atoms with van der Waals surface area (Å²) in [7, 11) is 0. The number of H-pyrrole nitrogens is 1. The van der Waals surface area contributed by atoms with Crippen molar-refractivity contribution in [1.29, 1.82) is 0 Å². The highest BCUT2D eigenvalue weighted by molar-refractivity contribution is 5.03. The van der Waals surface area contributed by atoms with Gasteiger partial charge in [-0.3, -0.25) is 4.57 Å². The molecule has 0 unspecified atom stereocenters. The monoisotopic (exact) mass is 210 g/mol. The maximum Gasteiger partial charge on any atom is 0.343 e. The van der Waals surface area contributed by atoms with Gasteiger partial charge in [-0.05, 0) is 19.3 Å². The van der Waals surface area contributed by atoms with Gasteiger partial charge in [0.05, 0.1) is 12.1 Å². The molecule has 15 heavy (non-hydrogen) atoms. The van der Waals surface area contributed by atoms with Crippen molar-refractivity contribution in [1.82, 2.24) is 20.1 Å². The van der Waals surface area contributed by atoms with Crippen LogP contribution in [0.1, 0.15) is 37.2 Å². The van der Waals surface area contributed by atoms with Gasteiger partial charge in [-0.25, -0.2) is 9.89 Å². The van der Waals surface area contributed by atoms with Gasteiger partial charge in [0.1, 0.15) is 0 Å². The normalized spacial score (nSPS) is 31.0. The number of aromatic amines is 1. The standard InChI is InChI=1S/C9H14N4O2/c14-6-3-7(10-4-6)8-11-12-9(15)13(8)5-1-2-5/h5-7,10,14H,1-4H2,(H,12,15)/t6-,7+/m1/s1. The molecule has 1 aliphatic heterocycles. The number of nitrogens with zero attached hydrogens (tertiary/aromatic N) is 2. The number of aliphatic hydroxyl groups is 1. The lowest BCUT2D eigenvalue weighted by atomic mass is 10.2. The van der Waals surface area contributed by atoms with E-state index in [1.165, 1.54) is 0 Å². The van der Waals surface area contributed by atoms with Crippen molar-refractivity contribution in [3.8, 4) is 0 Å². The van der Waals surface area contributed by atoms with Gasteiger partial charge in [0.2, 0.25) is 0 Å². The molecule has 2 aliphatic rings. The third-order valence-corrected chi connectivity index (χ3v) is 3.06. The fraction of sp³-hybridized carbons (Fsp3) is 0.778. The van der Waals surface area contributed by atoms with E-state index in [-0.39, 0.29) is 17.8 Å². The van der Waals surface area contributed by atoms with Crippen LogP contribution in [0.15, 0.2) is 4.79 Å². The average molecular weight is 210 g/mol. The molecular formula is C9H14N4O2. The lowest BCUT2D eigenvalue weighted by Crippen LogP contribution is -2.23. The molecule has 0 bridgehead atoms. The first-order valence-corrected chi connectivity index (χ1v) is 5.34. The summed E-state index contributed by atoms with van der Waals surface area (Å²) in [6, 6.07) is 0.338. The van der Waals surface area contributed by atoms with Crippen LogP contribution in [0.2, 0.25) is 0 Å². The van der Waals surface area contributed by atoms with Crippen LogP contribution in [0, 0.1) is 0 Å². The lowest BCUT2D eigenvalue weighted by Gasteiger charge is -2.10. The van der Waals surface area contributed by atoms with E-state index in [1.807, 2.05) is 0 Å². The van der Waals surface area contributed by atoms with Gasteiger partial charge in [0, 0.05) is 12.6 Å². The van der Waals surface area contributed by atoms with Crippen LogP contribution >= 0.6 is 0 Å². The molecule has 1 saturated heterocycles. The summed E-state index contributed by atoms with van der Waals surface area (Å²) in [6.07, 6.45) is 2.43. The van der Waals surface area contributed by atoms with Crippen LogP contribution in [0.5, 0.6) is 0 Å². The Bertz CT molecular complexity index is 420. The molecule has 82 valence electrons. The minimum absolute atomic E-state index is 0.0135. The Morgan fingerprint density at radius 2 is 2.27 bits per heavy atom. The van der Waals surface area contributed by atoms with Crippen molar-refractivity contribution in [2.75, 3.05) is 6.54 Å². The molecule has 6 heteroatoms. The number of hydrogen-bond acceptors (Lipinski definition) is 4. The lowest BCUT2D eigenvalue weighted by molar-refractivity contribution is 0.192. The molecule has 0 spiro atoms. The number of rotatable bonds is 2. The zero-order valence-electron chi connectivity index (χ0n) is 8.31. The number of aromatic nitrogens is 3. The van der Waals surface area contributed by atoms with Gasteiger partial charge in [-0.1, -0.05) is 0 Å². The number of β-amino-alcohol motifs (C(OH)–C–C–N with tert-alkyl or cyclic N) is 1. The summed E-state index contributed by atoms with van der Waals surface area (Å²) < 4.78 is 1.73. The second kappa shape index (κ2) is 3.18. The van der Waals surface area contributed by atoms with Crippen molar-refractivity contribution in [3.05, 3.63) is 16.3 Å². The van der Waals surface area contributed by atoms with Gasteiger partial charge >= 0.3 is 5.69 Å². The quantitative estimate of drug-likeness (QED) is 0.603. The number of nitrogens with one attached hydrogen (secondary N) is 2. The smallest absolute Gasteiger partial charge is 0.343 e. The number of hydrogen-bond donors (Lipinski definition) is 3. The highest BCUT2D eigenvalue weighted by atomic mass is 16.3. The number of aliphatic hydroxyl groups excluding tert-OH is 1. The third kappa shape index (κ3) is 1.49. The summed E-state index contributed by atoms with van der Waals surface area (Å²) in [6.45, 7) is 0.580. The van der Waals surface area contributed by atoms with Gasteiger partial charge < -0.3 is 10.4 Å². The van der Waals surface area contributed by atoms with Crippen molar-refractivity contribution in [2.24, 2.45) is 0 Å². The van der Waals surface area contributed by atoms with Crippen LogP contribution in [0.4, 0.5) is 0 Å². The largest absolute Gasteiger partial charge is 0.392 e. The van der Waals surface area contributed by atoms with Gasteiger partial charge in [-0.15, -0.1) is 0 Å². The van der Waals surface area contributed by atoms with Crippen molar-refractivity contribution >= 4 is 0 Å². The first kappa shape index (κ1) is 9.11. The fourth-order valence-electron chi connectivity index (χ4n) is 2.16. The van der Waals surface area contributed by atoms with Crippen LogP contribution in [-0.4, -0.2) is 32.5 Å². The topological polar surface area (TPSA) is 82.9 Å². The maximum atomic E-state index is 11.5. The highest BCUT2D eigenvalue weighted by Gasteiger charge is 2.34. The summed E-state index contributed by atoms with van der Waals surface area (Å²) in [5.41, 5.74) is -0.129. The Kier molecular flexibility index (Phi) is 1.93. The zero-order chi connectivity index (χ0) is 10.4. The molecule has 2 atom stereocenters. The van der Waals surface area contributed by atoms with Crippen molar-refractivity contribution in [3.63, 3.8) is 0 Å². The Hall–Kier alpha value is -1.14. The predicted molar refractivity (Wildman–Crippen MR) is 52.5 cm³/mol. The van der Waals surface area contributed by atoms with E-state index in [1.54, 1.807) is 4.57 Å². The summed E-state index contributed by atoms with van der Waals surface area (Å²) in [4.78, 5) is 11.5. The van der Waals surface area contributed by atoms with E-state index in [9.17, 15) is 9.90 Å². The Balaban J connectivity index is 1.94. The van der Waals surface area contributed by atoms with Crippen LogP contribution in [0.3, 0.4) is 0 Å². The van der Waals surface area contributed by atoms with Crippen molar-refractivity contribution < 1.29 is 5.11 Å². The van der Waals surface area contributed by atoms with E-state index in [2.05, 4.69) is 15.5 Å². The summed E-state index contributed by atoms with van der Waals surface area (Å²) in [5, 5.41) is 19.1. The second-order valence-electron chi connectivity index (χ2n) is 4.34. The van der Waals surface area contributed by atoms with Crippen LogP contribution in [0.25, 0.3) is 0 Å². The molecular weight excluding hydrogens is 196 g/mol. The van der Waals surface area contributed by atoms with Crippen molar-refractivity contribution in [2.45, 2.75) is 37.5 Å². The van der Waals surface area contributed by atoms with Gasteiger partial charge in [0.15, 0.2) is 5.82 Å². The van der Waals surface area contributed by atoms with Crippen LogP contribution < -0.4 is 11.0 Å². The molecule has 0 amide bonds. The van der Waals surface area contributed by atoms with Gasteiger partial charge in [-0.2, -0.15) is 5.10 Å². The van der Waals surface area contributed by atoms with E-state index in [0.29, 0.717) is 19.0 Å². The van der Waals surface area contributed by atoms with E-state index < -0.39 is 0 Å². The Morgan fingerprint density at radius 3 is 2.87 bits per heavy atom. The first-order chi connectivity index (χ1) is 7.25. The Morgan fingerprint density at radius 1 is 1.47 bits per heavy atom. The molecule has 6 nitrogen and oxygen atoms in total. The molecule has 2 heterocycles. The van der Waals surface area contributed by atoms with Gasteiger partial charge in [0.25, 0.3) is 0 Å². The molecule has 2 fully saturated rings.